The summed E-state index contributed by atoms with van der Waals surface area (Å²) in [5, 5.41) is 0. The van der Waals surface area contributed by atoms with Crippen molar-refractivity contribution in [3.8, 4) is 0 Å². The first-order chi connectivity index (χ1) is 20.2. The van der Waals surface area contributed by atoms with Crippen LogP contribution >= 0.6 is 31.9 Å². The average molecular weight is 707 g/mol. The van der Waals surface area contributed by atoms with Gasteiger partial charge in [-0.25, -0.2) is 8.78 Å². The van der Waals surface area contributed by atoms with Crippen LogP contribution in [0.4, 0.5) is 8.78 Å². The molecule has 0 bridgehead atoms. The van der Waals surface area contributed by atoms with Crippen molar-refractivity contribution in [2.45, 2.75) is 79.1 Å². The molecule has 2 aromatic rings. The second kappa shape index (κ2) is 14.4. The normalized spacial score (nSPS) is 16.7. The highest BCUT2D eigenvalue weighted by Gasteiger charge is 2.49. The van der Waals surface area contributed by atoms with Crippen LogP contribution in [-0.4, -0.2) is 34.7 Å². The standard InChI is InChI=1S/C34H40Br2F2N2O2/c1-5-9-11-21(7-3)19-39-31(23-13-15-25(35)27(37)17-23)29-30(33(39)41)32(24-14-16-26(36)28(38)18-24)40(34(29)42)20-22(8-4)12-10-6-2/h13-18,21-22H,5-12,19-20H2,1-4H3. The fourth-order valence-corrected chi connectivity index (χ4v) is 6.48. The molecule has 0 saturated heterocycles. The number of halogens is 4. The van der Waals surface area contributed by atoms with E-state index in [1.54, 1.807) is 34.1 Å². The van der Waals surface area contributed by atoms with Gasteiger partial charge in [-0.3, -0.25) is 9.59 Å². The van der Waals surface area contributed by atoms with E-state index in [0.29, 0.717) is 44.6 Å². The summed E-state index contributed by atoms with van der Waals surface area (Å²) in [4.78, 5) is 32.2. The first kappa shape index (κ1) is 32.6. The second-order valence-corrected chi connectivity index (χ2v) is 13.1. The highest BCUT2D eigenvalue weighted by Crippen LogP contribution is 2.48. The molecule has 0 radical (unpaired) electrons. The zero-order chi connectivity index (χ0) is 30.6. The molecule has 0 saturated carbocycles. The van der Waals surface area contributed by atoms with Crippen LogP contribution in [0.1, 0.15) is 90.2 Å². The molecule has 0 spiro atoms. The number of carbonyl (C=O) groups is 2. The lowest BCUT2D eigenvalue weighted by molar-refractivity contribution is -0.124. The van der Waals surface area contributed by atoms with Gasteiger partial charge in [0.25, 0.3) is 11.8 Å². The van der Waals surface area contributed by atoms with Gasteiger partial charge in [0.05, 0.1) is 31.5 Å². The van der Waals surface area contributed by atoms with Gasteiger partial charge in [0.2, 0.25) is 0 Å². The van der Waals surface area contributed by atoms with Crippen LogP contribution in [0.25, 0.3) is 11.4 Å². The molecular formula is C34H40Br2F2N2O2. The van der Waals surface area contributed by atoms with Crippen LogP contribution in [-0.2, 0) is 9.59 Å². The molecule has 2 aliphatic heterocycles. The van der Waals surface area contributed by atoms with E-state index >= 15 is 0 Å². The Bertz CT molecular complexity index is 1300. The Hall–Kier alpha value is -2.32. The van der Waals surface area contributed by atoms with Gasteiger partial charge in [0.1, 0.15) is 11.6 Å². The molecule has 0 aromatic heterocycles. The van der Waals surface area contributed by atoms with Crippen molar-refractivity contribution in [3.05, 3.63) is 79.3 Å². The van der Waals surface area contributed by atoms with Gasteiger partial charge >= 0.3 is 0 Å². The number of fused-ring (bicyclic) bond motifs is 1. The van der Waals surface area contributed by atoms with Gasteiger partial charge in [-0.15, -0.1) is 0 Å². The zero-order valence-electron chi connectivity index (χ0n) is 24.9. The lowest BCUT2D eigenvalue weighted by Crippen LogP contribution is -2.34. The van der Waals surface area contributed by atoms with Gasteiger partial charge in [-0.1, -0.05) is 78.4 Å². The lowest BCUT2D eigenvalue weighted by Gasteiger charge is -2.29. The van der Waals surface area contributed by atoms with E-state index in [1.165, 1.54) is 12.1 Å². The highest BCUT2D eigenvalue weighted by molar-refractivity contribution is 9.10. The van der Waals surface area contributed by atoms with Crippen molar-refractivity contribution in [3.63, 3.8) is 0 Å². The summed E-state index contributed by atoms with van der Waals surface area (Å²) in [6.45, 7) is 9.36. The van der Waals surface area contributed by atoms with Gasteiger partial charge in [0, 0.05) is 24.2 Å². The molecule has 0 fully saturated rings. The van der Waals surface area contributed by atoms with E-state index in [-0.39, 0.29) is 34.8 Å². The van der Waals surface area contributed by atoms with E-state index in [4.69, 9.17) is 0 Å². The Morgan fingerprint density at radius 3 is 1.36 bits per heavy atom. The van der Waals surface area contributed by atoms with E-state index in [9.17, 15) is 18.4 Å². The van der Waals surface area contributed by atoms with E-state index in [1.807, 2.05) is 0 Å². The Morgan fingerprint density at radius 1 is 0.667 bits per heavy atom. The van der Waals surface area contributed by atoms with Gasteiger partial charge < -0.3 is 9.80 Å². The number of unbranched alkanes of at least 4 members (excludes halogenated alkanes) is 2. The molecule has 4 nitrogen and oxygen atoms in total. The predicted molar refractivity (Wildman–Crippen MR) is 172 cm³/mol. The van der Waals surface area contributed by atoms with Crippen LogP contribution < -0.4 is 0 Å². The molecule has 2 aliphatic rings. The number of hydrogen-bond donors (Lipinski definition) is 0. The number of carbonyl (C=O) groups excluding carboxylic acids is 2. The molecular weight excluding hydrogens is 666 g/mol. The summed E-state index contributed by atoms with van der Waals surface area (Å²) in [5.41, 5.74) is 2.43. The van der Waals surface area contributed by atoms with Gasteiger partial charge in [0.15, 0.2) is 0 Å². The monoisotopic (exact) mass is 704 g/mol. The molecule has 2 aromatic carbocycles. The van der Waals surface area contributed by atoms with Crippen molar-refractivity contribution >= 4 is 55.1 Å². The first-order valence-electron chi connectivity index (χ1n) is 15.2. The molecule has 0 aliphatic carbocycles. The molecule has 42 heavy (non-hydrogen) atoms. The van der Waals surface area contributed by atoms with Crippen molar-refractivity contribution in [1.82, 2.24) is 9.80 Å². The minimum atomic E-state index is -0.466. The van der Waals surface area contributed by atoms with Crippen molar-refractivity contribution in [2.24, 2.45) is 11.8 Å². The summed E-state index contributed by atoms with van der Waals surface area (Å²) in [7, 11) is 0. The average Bonchev–Trinajstić information content (AvgIpc) is 3.42. The summed E-state index contributed by atoms with van der Waals surface area (Å²) in [6, 6.07) is 9.48. The third kappa shape index (κ3) is 6.59. The maximum Gasteiger partial charge on any atom is 0.261 e. The fraction of sp³-hybridized carbons (Fsp3) is 0.471. The molecule has 2 atom stereocenters. The third-order valence-corrected chi connectivity index (χ3v) is 9.82. The summed E-state index contributed by atoms with van der Waals surface area (Å²) in [5.74, 6) is -1.05. The quantitative estimate of drug-likeness (QED) is 0.196. The zero-order valence-corrected chi connectivity index (χ0v) is 28.1. The topological polar surface area (TPSA) is 40.6 Å². The molecule has 226 valence electrons. The summed E-state index contributed by atoms with van der Waals surface area (Å²) < 4.78 is 30.4. The molecule has 2 heterocycles. The smallest absolute Gasteiger partial charge is 0.261 e. The minimum absolute atomic E-state index is 0.225. The number of rotatable bonds is 14. The lowest BCUT2D eigenvalue weighted by atomic mass is 9.97. The Labute approximate surface area is 265 Å². The molecule has 4 rings (SSSR count). The fourth-order valence-electron chi connectivity index (χ4n) is 5.98. The SMILES string of the molecule is CCCCC(CC)CN1C(=O)C2=C(c3ccc(Br)c(F)c3)N(CC(CC)CCCC)C(=O)C2=C1c1ccc(Br)c(F)c1. The molecule has 0 N–H and O–H groups in total. The van der Waals surface area contributed by atoms with Crippen molar-refractivity contribution in [1.29, 1.82) is 0 Å². The van der Waals surface area contributed by atoms with Crippen LogP contribution in [0, 0.1) is 23.5 Å². The van der Waals surface area contributed by atoms with Crippen LogP contribution in [0.3, 0.4) is 0 Å². The van der Waals surface area contributed by atoms with E-state index in [0.717, 1.165) is 51.4 Å². The molecule has 2 unspecified atom stereocenters. The maximum absolute atomic E-state index is 14.9. The number of amides is 2. The maximum atomic E-state index is 14.9. The van der Waals surface area contributed by atoms with Gasteiger partial charge in [-0.2, -0.15) is 0 Å². The third-order valence-electron chi connectivity index (χ3n) is 8.54. The van der Waals surface area contributed by atoms with E-state index < -0.39 is 11.6 Å². The van der Waals surface area contributed by atoms with Crippen LogP contribution in [0.5, 0.6) is 0 Å². The summed E-state index contributed by atoms with van der Waals surface area (Å²) >= 11 is 6.47. The largest absolute Gasteiger partial charge is 0.307 e. The molecule has 2 amide bonds. The number of benzene rings is 2. The summed E-state index contributed by atoms with van der Waals surface area (Å²) in [6.07, 6.45) is 7.82. The van der Waals surface area contributed by atoms with Gasteiger partial charge in [-0.05, 0) is 80.8 Å². The highest BCUT2D eigenvalue weighted by atomic mass is 79.9. The number of nitrogens with zero attached hydrogens (tertiary/aromatic N) is 2. The Kier molecular flexibility index (Phi) is 11.2. The number of hydrogen-bond acceptors (Lipinski definition) is 2. The van der Waals surface area contributed by atoms with Crippen molar-refractivity contribution in [2.75, 3.05) is 13.1 Å². The second-order valence-electron chi connectivity index (χ2n) is 11.4. The minimum Gasteiger partial charge on any atom is -0.307 e. The van der Waals surface area contributed by atoms with Crippen molar-refractivity contribution < 1.29 is 18.4 Å². The Balaban J connectivity index is 1.95. The van der Waals surface area contributed by atoms with Crippen LogP contribution in [0.2, 0.25) is 0 Å². The first-order valence-corrected chi connectivity index (χ1v) is 16.8. The predicted octanol–water partition coefficient (Wildman–Crippen LogP) is 9.73. The van der Waals surface area contributed by atoms with Crippen LogP contribution in [0.15, 0.2) is 56.5 Å². The van der Waals surface area contributed by atoms with E-state index in [2.05, 4.69) is 59.6 Å². The Morgan fingerprint density at radius 2 is 1.05 bits per heavy atom. The molecule has 8 heteroatoms.